The molecule has 3 heterocycles. The lowest BCUT2D eigenvalue weighted by Crippen LogP contribution is -2.56. The number of halogens is 1. The molecule has 0 aliphatic carbocycles. The third-order valence-electron chi connectivity index (χ3n) is 8.51. The molecule has 0 aromatic heterocycles. The van der Waals surface area contributed by atoms with E-state index in [1.807, 2.05) is 6.92 Å². The quantitative estimate of drug-likeness (QED) is 0.208. The van der Waals surface area contributed by atoms with Crippen molar-refractivity contribution < 1.29 is 29.0 Å². The van der Waals surface area contributed by atoms with E-state index in [0.717, 1.165) is 0 Å². The van der Waals surface area contributed by atoms with E-state index < -0.39 is 35.0 Å². The molecule has 212 valence electrons. The molecular weight excluding hydrogens is 520 g/mol. The number of carbonyl (C=O) groups is 3. The largest absolute Gasteiger partial charge is 0.465 e. The van der Waals surface area contributed by atoms with Crippen LogP contribution in [-0.2, 0) is 23.9 Å². The number of ether oxygens (including phenoxy) is 2. The van der Waals surface area contributed by atoms with E-state index in [1.165, 1.54) is 0 Å². The van der Waals surface area contributed by atoms with Crippen LogP contribution in [0.5, 0.6) is 0 Å². The van der Waals surface area contributed by atoms with Crippen LogP contribution in [0.15, 0.2) is 49.6 Å². The van der Waals surface area contributed by atoms with Gasteiger partial charge < -0.3 is 24.4 Å². The van der Waals surface area contributed by atoms with Crippen molar-refractivity contribution in [2.45, 2.75) is 69.1 Å². The van der Waals surface area contributed by atoms with E-state index in [2.05, 4.69) is 13.2 Å². The summed E-state index contributed by atoms with van der Waals surface area (Å²) in [6.45, 7) is 10.2. The molecule has 1 N–H and O–H groups in total. The Balaban J connectivity index is 1.76. The molecular formula is C30H39ClN2O6. The first-order valence-corrected chi connectivity index (χ1v) is 14.3. The molecule has 3 aliphatic rings. The Labute approximate surface area is 235 Å². The summed E-state index contributed by atoms with van der Waals surface area (Å²) in [7, 11) is 0. The Morgan fingerprint density at radius 2 is 2.00 bits per heavy atom. The number of aliphatic hydroxyl groups is 1. The molecule has 8 nitrogen and oxygen atoms in total. The molecule has 4 rings (SSSR count). The number of likely N-dealkylation sites (tertiary alicyclic amines) is 1. The number of unbranched alkanes of at least 4 members (excludes halogenated alkanes) is 2. The van der Waals surface area contributed by atoms with Gasteiger partial charge in [0.2, 0.25) is 5.91 Å². The molecule has 2 amide bonds. The number of nitrogens with zero attached hydrogens (tertiary/aromatic N) is 2. The molecule has 3 saturated heterocycles. The van der Waals surface area contributed by atoms with Gasteiger partial charge in [-0.25, -0.2) is 0 Å². The van der Waals surface area contributed by atoms with Gasteiger partial charge >= 0.3 is 5.97 Å². The number of anilines is 1. The van der Waals surface area contributed by atoms with Crippen LogP contribution in [0, 0.1) is 11.8 Å². The number of esters is 1. The van der Waals surface area contributed by atoms with Gasteiger partial charge in [0.1, 0.15) is 17.6 Å². The Bertz CT molecular complexity index is 1110. The summed E-state index contributed by atoms with van der Waals surface area (Å²) in [5.41, 5.74) is -1.49. The lowest BCUT2D eigenvalue weighted by atomic mass is 9.65. The van der Waals surface area contributed by atoms with Gasteiger partial charge in [-0.05, 0) is 57.1 Å². The Morgan fingerprint density at radius 3 is 2.67 bits per heavy atom. The number of carbonyl (C=O) groups excluding carboxylic acids is 3. The fraction of sp³-hybridized carbons (Fsp3) is 0.567. The number of hydrogen-bond acceptors (Lipinski definition) is 6. The van der Waals surface area contributed by atoms with E-state index in [4.69, 9.17) is 21.1 Å². The van der Waals surface area contributed by atoms with Gasteiger partial charge in [-0.1, -0.05) is 42.8 Å². The summed E-state index contributed by atoms with van der Waals surface area (Å²) in [6, 6.07) is 6.14. The molecule has 39 heavy (non-hydrogen) atoms. The molecule has 5 atom stereocenters. The molecule has 3 aliphatic heterocycles. The second-order valence-corrected chi connectivity index (χ2v) is 11.0. The molecule has 2 unspecified atom stereocenters. The Morgan fingerprint density at radius 1 is 1.23 bits per heavy atom. The van der Waals surface area contributed by atoms with E-state index >= 15 is 0 Å². The number of aliphatic hydroxyl groups excluding tert-OH is 1. The number of hydrogen-bond donors (Lipinski definition) is 1. The van der Waals surface area contributed by atoms with Crippen LogP contribution >= 0.6 is 11.6 Å². The number of benzene rings is 1. The maximum absolute atomic E-state index is 14.5. The predicted molar refractivity (Wildman–Crippen MR) is 149 cm³/mol. The van der Waals surface area contributed by atoms with Crippen molar-refractivity contribution in [2.75, 3.05) is 31.2 Å². The molecule has 3 fully saturated rings. The van der Waals surface area contributed by atoms with Crippen molar-refractivity contribution in [2.24, 2.45) is 11.8 Å². The molecule has 9 heteroatoms. The van der Waals surface area contributed by atoms with Gasteiger partial charge in [-0.15, -0.1) is 13.2 Å². The number of fused-ring (bicyclic) bond motifs is 1. The third-order valence-corrected chi connectivity index (χ3v) is 8.83. The minimum Gasteiger partial charge on any atom is -0.465 e. The molecule has 0 radical (unpaired) electrons. The molecule has 2 bridgehead atoms. The van der Waals surface area contributed by atoms with Crippen molar-refractivity contribution in [1.82, 2.24) is 4.90 Å². The maximum atomic E-state index is 14.5. The minimum absolute atomic E-state index is 0.0588. The highest BCUT2D eigenvalue weighted by molar-refractivity contribution is 6.34. The zero-order chi connectivity index (χ0) is 28.2. The topological polar surface area (TPSA) is 96.4 Å². The average Bonchev–Trinajstić information content (AvgIpc) is 3.53. The Hall–Kier alpha value is -2.68. The van der Waals surface area contributed by atoms with Crippen molar-refractivity contribution in [3.05, 3.63) is 54.6 Å². The van der Waals surface area contributed by atoms with Crippen molar-refractivity contribution in [1.29, 1.82) is 0 Å². The second kappa shape index (κ2) is 12.2. The zero-order valence-electron chi connectivity index (χ0n) is 22.6. The highest BCUT2D eigenvalue weighted by Crippen LogP contribution is 2.64. The summed E-state index contributed by atoms with van der Waals surface area (Å²) < 4.78 is 12.4. The summed E-state index contributed by atoms with van der Waals surface area (Å²) in [5.74, 6) is -2.63. The Kier molecular flexibility index (Phi) is 9.19. The first kappa shape index (κ1) is 29.3. The predicted octanol–water partition coefficient (Wildman–Crippen LogP) is 4.30. The lowest BCUT2D eigenvalue weighted by molar-refractivity contribution is -0.160. The second-order valence-electron chi connectivity index (χ2n) is 10.6. The molecule has 1 spiro atoms. The third kappa shape index (κ3) is 5.03. The van der Waals surface area contributed by atoms with Crippen LogP contribution in [-0.4, -0.2) is 71.3 Å². The SMILES string of the molecule is C=CCCOC(=O)[C@@H]1[C@H]2C(=O)N(CCCCCO)C(C(=O)N(CC=C)c3ccccc3Cl)C23CC[C@@]1(CC)O3. The zero-order valence-corrected chi connectivity index (χ0v) is 23.4. The van der Waals surface area contributed by atoms with Crippen LogP contribution in [0.2, 0.25) is 5.02 Å². The van der Waals surface area contributed by atoms with Gasteiger partial charge in [0.25, 0.3) is 5.91 Å². The van der Waals surface area contributed by atoms with Crippen LogP contribution < -0.4 is 4.90 Å². The molecule has 1 aromatic carbocycles. The average molecular weight is 559 g/mol. The van der Waals surface area contributed by atoms with E-state index in [9.17, 15) is 19.5 Å². The van der Waals surface area contributed by atoms with Crippen molar-refractivity contribution in [3.8, 4) is 0 Å². The lowest BCUT2D eigenvalue weighted by Gasteiger charge is -2.37. The van der Waals surface area contributed by atoms with Gasteiger partial charge in [-0.3, -0.25) is 14.4 Å². The highest BCUT2D eigenvalue weighted by atomic mass is 35.5. The summed E-state index contributed by atoms with van der Waals surface area (Å²) in [5, 5.41) is 9.66. The minimum atomic E-state index is -1.15. The summed E-state index contributed by atoms with van der Waals surface area (Å²) in [4.78, 5) is 45.3. The van der Waals surface area contributed by atoms with Gasteiger partial charge in [-0.2, -0.15) is 0 Å². The van der Waals surface area contributed by atoms with E-state index in [1.54, 1.807) is 46.2 Å². The number of amides is 2. The van der Waals surface area contributed by atoms with Crippen LogP contribution in [0.1, 0.15) is 51.9 Å². The highest BCUT2D eigenvalue weighted by Gasteiger charge is 2.79. The normalized spacial score (nSPS) is 28.8. The molecule has 0 saturated carbocycles. The summed E-state index contributed by atoms with van der Waals surface area (Å²) in [6.07, 6.45) is 7.29. The van der Waals surface area contributed by atoms with Crippen LogP contribution in [0.25, 0.3) is 0 Å². The fourth-order valence-electron chi connectivity index (χ4n) is 6.75. The van der Waals surface area contributed by atoms with Gasteiger partial charge in [0, 0.05) is 19.7 Å². The van der Waals surface area contributed by atoms with Crippen LogP contribution in [0.4, 0.5) is 5.69 Å². The first-order chi connectivity index (χ1) is 18.8. The maximum Gasteiger partial charge on any atom is 0.312 e. The summed E-state index contributed by atoms with van der Waals surface area (Å²) >= 11 is 6.51. The van der Waals surface area contributed by atoms with Gasteiger partial charge in [0.05, 0.1) is 28.8 Å². The van der Waals surface area contributed by atoms with E-state index in [0.29, 0.717) is 62.2 Å². The monoisotopic (exact) mass is 558 g/mol. The van der Waals surface area contributed by atoms with Crippen molar-refractivity contribution >= 4 is 35.1 Å². The van der Waals surface area contributed by atoms with Gasteiger partial charge in [0.15, 0.2) is 0 Å². The standard InChI is InChI=1S/C30H39ClN2O6/c1-4-7-20-38-28(37)24-23-26(35)33(18-11-8-12-19-34)25(30(23)16-15-29(24,6-3)39-30)27(36)32(17-5-2)22-14-10-9-13-21(22)31/h4-5,9-10,13-14,23-25,34H,1-2,6-8,11-12,15-20H2,3H3/t23-,24-,25?,29+,30?/m0/s1. The smallest absolute Gasteiger partial charge is 0.312 e. The fourth-order valence-corrected chi connectivity index (χ4v) is 6.99. The first-order valence-electron chi connectivity index (χ1n) is 13.9. The van der Waals surface area contributed by atoms with E-state index in [-0.39, 0.29) is 31.6 Å². The van der Waals surface area contributed by atoms with Crippen molar-refractivity contribution in [3.63, 3.8) is 0 Å². The number of para-hydroxylation sites is 1. The number of rotatable bonds is 14. The molecule has 1 aromatic rings. The van der Waals surface area contributed by atoms with Crippen LogP contribution in [0.3, 0.4) is 0 Å².